The van der Waals surface area contributed by atoms with Crippen LogP contribution in [0.3, 0.4) is 0 Å². The first-order valence-electron chi connectivity index (χ1n) is 5.96. The Labute approximate surface area is 102 Å². The minimum atomic E-state index is -0.368. The summed E-state index contributed by atoms with van der Waals surface area (Å²) in [6, 6.07) is 5.24. The van der Waals surface area contributed by atoms with Gasteiger partial charge in [0.2, 0.25) is 0 Å². The lowest BCUT2D eigenvalue weighted by molar-refractivity contribution is 0.0526. The van der Waals surface area contributed by atoms with Crippen molar-refractivity contribution in [3.05, 3.63) is 34.9 Å². The van der Waals surface area contributed by atoms with Gasteiger partial charge in [0.1, 0.15) is 0 Å². The van der Waals surface area contributed by atoms with Gasteiger partial charge in [-0.25, -0.2) is 4.79 Å². The molecule has 0 bridgehead atoms. The zero-order chi connectivity index (χ0) is 12.8. The van der Waals surface area contributed by atoms with Crippen LogP contribution >= 0.6 is 0 Å². The Morgan fingerprint density at radius 2 is 1.71 bits per heavy atom. The lowest BCUT2D eigenvalue weighted by Crippen LogP contribution is -2.08. The number of rotatable bonds is 5. The standard InChI is InChI=1S/C14H18O3/c1-4-10-7-11(13(15)5-2)9-12(8-10)14(16)17-6-3/h7-9H,4-6H2,1-3H3. The van der Waals surface area contributed by atoms with Crippen LogP contribution in [0, 0.1) is 0 Å². The van der Waals surface area contributed by atoms with Gasteiger partial charge in [-0.05, 0) is 37.1 Å². The van der Waals surface area contributed by atoms with E-state index in [0.29, 0.717) is 24.2 Å². The van der Waals surface area contributed by atoms with Gasteiger partial charge in [0.25, 0.3) is 0 Å². The Morgan fingerprint density at radius 3 is 2.24 bits per heavy atom. The predicted molar refractivity (Wildman–Crippen MR) is 66.4 cm³/mol. The fraction of sp³-hybridized carbons (Fsp3) is 0.429. The van der Waals surface area contributed by atoms with Crippen molar-refractivity contribution < 1.29 is 14.3 Å². The average Bonchev–Trinajstić information content (AvgIpc) is 2.37. The molecule has 0 aliphatic rings. The molecule has 0 spiro atoms. The molecule has 1 aromatic rings. The molecule has 0 aliphatic carbocycles. The monoisotopic (exact) mass is 234 g/mol. The van der Waals surface area contributed by atoms with Gasteiger partial charge < -0.3 is 4.74 Å². The number of aryl methyl sites for hydroxylation is 1. The van der Waals surface area contributed by atoms with Gasteiger partial charge >= 0.3 is 5.97 Å². The van der Waals surface area contributed by atoms with Crippen molar-refractivity contribution in [1.29, 1.82) is 0 Å². The predicted octanol–water partition coefficient (Wildman–Crippen LogP) is 3.02. The Bertz CT molecular complexity index is 421. The molecular weight excluding hydrogens is 216 g/mol. The molecule has 0 saturated carbocycles. The number of carbonyl (C=O) groups is 2. The Morgan fingerprint density at radius 1 is 1.06 bits per heavy atom. The molecule has 3 heteroatoms. The zero-order valence-corrected chi connectivity index (χ0v) is 10.6. The summed E-state index contributed by atoms with van der Waals surface area (Å²) in [6.45, 7) is 5.90. The van der Waals surface area contributed by atoms with E-state index < -0.39 is 0 Å². The topological polar surface area (TPSA) is 43.4 Å². The van der Waals surface area contributed by atoms with Crippen molar-refractivity contribution in [3.8, 4) is 0 Å². The van der Waals surface area contributed by atoms with Crippen LogP contribution in [-0.4, -0.2) is 18.4 Å². The van der Waals surface area contributed by atoms with E-state index in [1.807, 2.05) is 19.9 Å². The highest BCUT2D eigenvalue weighted by atomic mass is 16.5. The van der Waals surface area contributed by atoms with Gasteiger partial charge in [-0.1, -0.05) is 13.8 Å². The second kappa shape index (κ2) is 6.18. The van der Waals surface area contributed by atoms with Crippen LogP contribution in [0.15, 0.2) is 18.2 Å². The van der Waals surface area contributed by atoms with Crippen LogP contribution in [0.1, 0.15) is 53.5 Å². The normalized spacial score (nSPS) is 10.1. The quantitative estimate of drug-likeness (QED) is 0.581. The molecule has 92 valence electrons. The van der Waals surface area contributed by atoms with E-state index in [0.717, 1.165) is 12.0 Å². The lowest BCUT2D eigenvalue weighted by Gasteiger charge is -2.07. The third-order valence-electron chi connectivity index (χ3n) is 2.56. The van der Waals surface area contributed by atoms with Crippen molar-refractivity contribution in [1.82, 2.24) is 0 Å². The van der Waals surface area contributed by atoms with E-state index >= 15 is 0 Å². The van der Waals surface area contributed by atoms with Gasteiger partial charge in [-0.15, -0.1) is 0 Å². The fourth-order valence-corrected chi connectivity index (χ4v) is 1.59. The molecule has 0 amide bonds. The van der Waals surface area contributed by atoms with Crippen LogP contribution in [0.2, 0.25) is 0 Å². The van der Waals surface area contributed by atoms with E-state index in [1.54, 1.807) is 19.1 Å². The van der Waals surface area contributed by atoms with Crippen LogP contribution < -0.4 is 0 Å². The van der Waals surface area contributed by atoms with Crippen LogP contribution in [0.5, 0.6) is 0 Å². The van der Waals surface area contributed by atoms with Gasteiger partial charge in [0, 0.05) is 12.0 Å². The molecule has 0 atom stereocenters. The molecular formula is C14H18O3. The van der Waals surface area contributed by atoms with Gasteiger partial charge in [-0.3, -0.25) is 4.79 Å². The first-order chi connectivity index (χ1) is 8.12. The maximum atomic E-state index is 11.7. The smallest absolute Gasteiger partial charge is 0.338 e. The molecule has 0 heterocycles. The highest BCUT2D eigenvalue weighted by molar-refractivity contribution is 5.99. The number of hydrogen-bond donors (Lipinski definition) is 0. The summed E-state index contributed by atoms with van der Waals surface area (Å²) < 4.78 is 4.95. The lowest BCUT2D eigenvalue weighted by atomic mass is 10.0. The molecule has 0 unspecified atom stereocenters. The van der Waals surface area contributed by atoms with Crippen molar-refractivity contribution in [2.45, 2.75) is 33.6 Å². The molecule has 0 N–H and O–H groups in total. The largest absolute Gasteiger partial charge is 0.462 e. The molecule has 17 heavy (non-hydrogen) atoms. The van der Waals surface area contributed by atoms with Crippen LogP contribution in [0.4, 0.5) is 0 Å². The SMILES string of the molecule is CCOC(=O)c1cc(CC)cc(C(=O)CC)c1. The minimum Gasteiger partial charge on any atom is -0.462 e. The molecule has 1 rings (SSSR count). The number of ketones is 1. The third kappa shape index (κ3) is 3.41. The maximum absolute atomic E-state index is 11.7. The molecule has 0 aliphatic heterocycles. The number of carbonyl (C=O) groups excluding carboxylic acids is 2. The summed E-state index contributed by atoms with van der Waals surface area (Å²) in [7, 11) is 0. The van der Waals surface area contributed by atoms with Crippen molar-refractivity contribution in [2.24, 2.45) is 0 Å². The number of benzene rings is 1. The average molecular weight is 234 g/mol. The van der Waals surface area contributed by atoms with E-state index in [1.165, 1.54) is 0 Å². The summed E-state index contributed by atoms with van der Waals surface area (Å²) >= 11 is 0. The van der Waals surface area contributed by atoms with E-state index in [2.05, 4.69) is 0 Å². The summed E-state index contributed by atoms with van der Waals surface area (Å²) in [5, 5.41) is 0. The number of esters is 1. The second-order valence-electron chi connectivity index (χ2n) is 3.77. The van der Waals surface area contributed by atoms with E-state index in [9.17, 15) is 9.59 Å². The Kier molecular flexibility index (Phi) is 4.88. The van der Waals surface area contributed by atoms with Crippen molar-refractivity contribution in [2.75, 3.05) is 6.61 Å². The van der Waals surface area contributed by atoms with Crippen molar-refractivity contribution >= 4 is 11.8 Å². The molecule has 0 radical (unpaired) electrons. The van der Waals surface area contributed by atoms with Crippen molar-refractivity contribution in [3.63, 3.8) is 0 Å². The van der Waals surface area contributed by atoms with Gasteiger partial charge in [0.05, 0.1) is 12.2 Å². The maximum Gasteiger partial charge on any atom is 0.338 e. The van der Waals surface area contributed by atoms with Crippen LogP contribution in [0.25, 0.3) is 0 Å². The third-order valence-corrected chi connectivity index (χ3v) is 2.56. The second-order valence-corrected chi connectivity index (χ2v) is 3.77. The Hall–Kier alpha value is -1.64. The highest BCUT2D eigenvalue weighted by Crippen LogP contribution is 2.14. The molecule has 0 fully saturated rings. The summed E-state index contributed by atoms with van der Waals surface area (Å²) in [5.74, 6) is -0.321. The molecule has 0 aromatic heterocycles. The summed E-state index contributed by atoms with van der Waals surface area (Å²) in [4.78, 5) is 23.3. The highest BCUT2D eigenvalue weighted by Gasteiger charge is 2.12. The number of hydrogen-bond acceptors (Lipinski definition) is 3. The summed E-state index contributed by atoms with van der Waals surface area (Å²) in [6.07, 6.45) is 1.23. The minimum absolute atomic E-state index is 0.0471. The van der Waals surface area contributed by atoms with E-state index in [4.69, 9.17) is 4.74 Å². The van der Waals surface area contributed by atoms with Crippen LogP contribution in [-0.2, 0) is 11.2 Å². The van der Waals surface area contributed by atoms with E-state index in [-0.39, 0.29) is 11.8 Å². The fourth-order valence-electron chi connectivity index (χ4n) is 1.59. The first kappa shape index (κ1) is 13.4. The first-order valence-corrected chi connectivity index (χ1v) is 5.96. The summed E-state index contributed by atoms with van der Waals surface area (Å²) in [5.41, 5.74) is 2.03. The number of ether oxygens (including phenoxy) is 1. The zero-order valence-electron chi connectivity index (χ0n) is 10.6. The van der Waals surface area contributed by atoms with Gasteiger partial charge in [0.15, 0.2) is 5.78 Å². The molecule has 0 saturated heterocycles. The van der Waals surface area contributed by atoms with Gasteiger partial charge in [-0.2, -0.15) is 0 Å². The molecule has 1 aromatic carbocycles. The molecule has 3 nitrogen and oxygen atoms in total. The number of Topliss-reactive ketones (excluding diaryl/α,β-unsaturated/α-hetero) is 1. The Balaban J connectivity index is 3.13.